The van der Waals surface area contributed by atoms with Crippen LogP contribution in [0.2, 0.25) is 5.28 Å². The van der Waals surface area contributed by atoms with Gasteiger partial charge >= 0.3 is 0 Å². The predicted octanol–water partition coefficient (Wildman–Crippen LogP) is 3.31. The molecule has 2 fully saturated rings. The van der Waals surface area contributed by atoms with Gasteiger partial charge in [-0.05, 0) is 37.3 Å². The van der Waals surface area contributed by atoms with Crippen LogP contribution >= 0.6 is 11.6 Å². The number of rotatable bonds is 2. The van der Waals surface area contributed by atoms with Crippen LogP contribution in [0.25, 0.3) is 0 Å². The van der Waals surface area contributed by atoms with Gasteiger partial charge in [0, 0.05) is 12.0 Å². The molecule has 0 bridgehead atoms. The number of halogens is 1. The van der Waals surface area contributed by atoms with E-state index in [-0.39, 0.29) is 0 Å². The minimum atomic E-state index is 0.567. The van der Waals surface area contributed by atoms with Crippen LogP contribution in [0.15, 0.2) is 0 Å². The van der Waals surface area contributed by atoms with E-state index in [0.717, 1.165) is 5.82 Å². The van der Waals surface area contributed by atoms with Gasteiger partial charge in [-0.3, -0.25) is 4.57 Å². The fourth-order valence-electron chi connectivity index (χ4n) is 2.58. The summed E-state index contributed by atoms with van der Waals surface area (Å²) in [5, 5.41) is 8.87. The van der Waals surface area contributed by atoms with Crippen LogP contribution in [-0.2, 0) is 0 Å². The highest BCUT2D eigenvalue weighted by Gasteiger charge is 2.32. The van der Waals surface area contributed by atoms with Gasteiger partial charge < -0.3 is 0 Å². The molecule has 1 aromatic heterocycles. The van der Waals surface area contributed by atoms with Gasteiger partial charge in [0.1, 0.15) is 5.82 Å². The van der Waals surface area contributed by atoms with Gasteiger partial charge in [-0.1, -0.05) is 19.3 Å². The molecule has 15 heavy (non-hydrogen) atoms. The molecule has 0 aliphatic heterocycles. The lowest BCUT2D eigenvalue weighted by molar-refractivity contribution is 0.345. The second kappa shape index (κ2) is 3.78. The zero-order valence-corrected chi connectivity index (χ0v) is 9.58. The maximum atomic E-state index is 6.14. The molecule has 2 aliphatic carbocycles. The van der Waals surface area contributed by atoms with Gasteiger partial charge in [0.05, 0.1) is 0 Å². The Hall–Kier alpha value is -0.570. The van der Waals surface area contributed by atoms with E-state index in [1.54, 1.807) is 0 Å². The minimum Gasteiger partial charge on any atom is -0.298 e. The largest absolute Gasteiger partial charge is 0.298 e. The van der Waals surface area contributed by atoms with Crippen LogP contribution in [0, 0.1) is 0 Å². The third-order valence-corrected chi connectivity index (χ3v) is 3.82. The highest BCUT2D eigenvalue weighted by molar-refractivity contribution is 6.28. The number of hydrogen-bond acceptors (Lipinski definition) is 2. The van der Waals surface area contributed by atoms with Crippen molar-refractivity contribution in [2.75, 3.05) is 0 Å². The van der Waals surface area contributed by atoms with Crippen LogP contribution in [0.1, 0.15) is 62.7 Å². The Labute approximate surface area is 94.8 Å². The molecule has 0 N–H and O–H groups in total. The molecule has 82 valence electrons. The summed E-state index contributed by atoms with van der Waals surface area (Å²) >= 11 is 6.14. The van der Waals surface area contributed by atoms with E-state index in [0.29, 0.717) is 17.2 Å². The van der Waals surface area contributed by atoms with Crippen molar-refractivity contribution in [3.05, 3.63) is 11.1 Å². The molecule has 0 atom stereocenters. The fourth-order valence-corrected chi connectivity index (χ4v) is 2.84. The van der Waals surface area contributed by atoms with Crippen molar-refractivity contribution in [2.45, 2.75) is 56.9 Å². The van der Waals surface area contributed by atoms with Crippen LogP contribution in [-0.4, -0.2) is 14.8 Å². The quantitative estimate of drug-likeness (QED) is 0.773. The fraction of sp³-hybridized carbons (Fsp3) is 0.818. The minimum absolute atomic E-state index is 0.567. The average Bonchev–Trinajstić information content (AvgIpc) is 3.04. The van der Waals surface area contributed by atoms with Gasteiger partial charge in [-0.2, -0.15) is 0 Å². The van der Waals surface area contributed by atoms with Gasteiger partial charge in [0.15, 0.2) is 0 Å². The van der Waals surface area contributed by atoms with Crippen molar-refractivity contribution in [1.82, 2.24) is 14.8 Å². The Kier molecular flexibility index (Phi) is 2.43. The first-order valence-corrected chi connectivity index (χ1v) is 6.34. The summed E-state index contributed by atoms with van der Waals surface area (Å²) in [6.45, 7) is 0. The van der Waals surface area contributed by atoms with Crippen molar-refractivity contribution in [2.24, 2.45) is 0 Å². The zero-order valence-electron chi connectivity index (χ0n) is 8.82. The highest BCUT2D eigenvalue weighted by Crippen LogP contribution is 2.42. The van der Waals surface area contributed by atoms with Crippen molar-refractivity contribution in [1.29, 1.82) is 0 Å². The summed E-state index contributed by atoms with van der Waals surface area (Å²) in [5.41, 5.74) is 0. The van der Waals surface area contributed by atoms with Crippen LogP contribution in [0.3, 0.4) is 0 Å². The molecular weight excluding hydrogens is 210 g/mol. The highest BCUT2D eigenvalue weighted by atomic mass is 35.5. The molecule has 0 aromatic carbocycles. The second-order valence-electron chi connectivity index (χ2n) is 4.76. The lowest BCUT2D eigenvalue weighted by Gasteiger charge is -2.24. The van der Waals surface area contributed by atoms with Gasteiger partial charge in [0.25, 0.3) is 0 Å². The lowest BCUT2D eigenvalue weighted by Crippen LogP contribution is -2.15. The molecule has 1 heterocycles. The summed E-state index contributed by atoms with van der Waals surface area (Å²) in [5.74, 6) is 1.79. The molecular formula is C11H16ClN3. The Balaban J connectivity index is 1.90. The van der Waals surface area contributed by atoms with Crippen molar-refractivity contribution < 1.29 is 0 Å². The molecule has 3 rings (SSSR count). The van der Waals surface area contributed by atoms with E-state index in [1.165, 1.54) is 44.9 Å². The summed E-state index contributed by atoms with van der Waals surface area (Å²) in [7, 11) is 0. The van der Waals surface area contributed by atoms with E-state index < -0.39 is 0 Å². The Morgan fingerprint density at radius 1 is 1.00 bits per heavy atom. The first-order valence-electron chi connectivity index (χ1n) is 5.96. The van der Waals surface area contributed by atoms with Crippen LogP contribution in [0.4, 0.5) is 0 Å². The Morgan fingerprint density at radius 3 is 2.40 bits per heavy atom. The SMILES string of the molecule is Clc1nnc(C2CC2)n1C1CCCCC1. The molecule has 2 saturated carbocycles. The molecule has 2 aliphatic rings. The summed E-state index contributed by atoms with van der Waals surface area (Å²) in [6, 6.07) is 0.567. The molecule has 0 spiro atoms. The molecule has 0 amide bonds. The van der Waals surface area contributed by atoms with E-state index in [1.807, 2.05) is 0 Å². The van der Waals surface area contributed by atoms with Gasteiger partial charge in [-0.25, -0.2) is 0 Å². The first kappa shape index (κ1) is 9.64. The standard InChI is InChI=1S/C11H16ClN3/c12-11-14-13-10(8-6-7-8)15(11)9-4-2-1-3-5-9/h8-9H,1-7H2. The molecule has 0 radical (unpaired) electrons. The molecule has 1 aromatic rings. The Bertz CT molecular complexity index is 351. The van der Waals surface area contributed by atoms with E-state index in [9.17, 15) is 0 Å². The van der Waals surface area contributed by atoms with Crippen LogP contribution < -0.4 is 0 Å². The number of aromatic nitrogens is 3. The number of hydrogen-bond donors (Lipinski definition) is 0. The summed E-state index contributed by atoms with van der Waals surface area (Å²) in [6.07, 6.45) is 9.04. The molecule has 0 saturated heterocycles. The normalized spacial score (nSPS) is 23.3. The third-order valence-electron chi connectivity index (χ3n) is 3.56. The average molecular weight is 226 g/mol. The van der Waals surface area contributed by atoms with Crippen molar-refractivity contribution in [3.63, 3.8) is 0 Å². The summed E-state index contributed by atoms with van der Waals surface area (Å²) < 4.78 is 2.21. The van der Waals surface area contributed by atoms with Crippen molar-refractivity contribution >= 4 is 11.6 Å². The van der Waals surface area contributed by atoms with Crippen LogP contribution in [0.5, 0.6) is 0 Å². The maximum Gasteiger partial charge on any atom is 0.225 e. The predicted molar refractivity (Wildman–Crippen MR) is 59.1 cm³/mol. The molecule has 0 unspecified atom stereocenters. The van der Waals surface area contributed by atoms with Gasteiger partial charge in [0.2, 0.25) is 5.28 Å². The summed E-state index contributed by atoms with van der Waals surface area (Å²) in [4.78, 5) is 0. The zero-order chi connectivity index (χ0) is 10.3. The second-order valence-corrected chi connectivity index (χ2v) is 5.10. The third kappa shape index (κ3) is 1.78. The smallest absolute Gasteiger partial charge is 0.225 e. The lowest BCUT2D eigenvalue weighted by atomic mass is 9.95. The first-order chi connectivity index (χ1) is 7.36. The van der Waals surface area contributed by atoms with E-state index in [2.05, 4.69) is 14.8 Å². The molecule has 3 nitrogen and oxygen atoms in total. The monoisotopic (exact) mass is 225 g/mol. The Morgan fingerprint density at radius 2 is 1.73 bits per heavy atom. The molecule has 4 heteroatoms. The van der Waals surface area contributed by atoms with Crippen molar-refractivity contribution in [3.8, 4) is 0 Å². The maximum absolute atomic E-state index is 6.14. The van der Waals surface area contributed by atoms with E-state index in [4.69, 9.17) is 11.6 Å². The van der Waals surface area contributed by atoms with Gasteiger partial charge in [-0.15, -0.1) is 10.2 Å². The topological polar surface area (TPSA) is 30.7 Å². The number of nitrogens with zero attached hydrogens (tertiary/aromatic N) is 3. The van der Waals surface area contributed by atoms with E-state index >= 15 is 0 Å².